The highest BCUT2D eigenvalue weighted by atomic mass is 16.6. The molecule has 8 nitrogen and oxygen atoms in total. The van der Waals surface area contributed by atoms with Gasteiger partial charge in [0.2, 0.25) is 0 Å². The Bertz CT molecular complexity index is 631. The molecular weight excluding hydrogens is 278 g/mol. The molecule has 0 aliphatic carbocycles. The number of nitro groups is 1. The molecule has 0 spiro atoms. The van der Waals surface area contributed by atoms with Crippen molar-refractivity contribution < 1.29 is 19.6 Å². The zero-order valence-corrected chi connectivity index (χ0v) is 11.3. The molecular formula is C13H13N3O5. The van der Waals surface area contributed by atoms with Gasteiger partial charge in [-0.15, -0.1) is 0 Å². The van der Waals surface area contributed by atoms with E-state index in [1.54, 1.807) is 11.8 Å². The molecule has 0 aromatic heterocycles. The molecule has 2 rings (SSSR count). The number of hydrogen-bond acceptors (Lipinski definition) is 6. The van der Waals surface area contributed by atoms with Crippen LogP contribution in [-0.2, 0) is 9.53 Å². The molecule has 1 aliphatic rings. The topological polar surface area (TPSA) is 117 Å². The molecule has 8 heteroatoms. The predicted octanol–water partition coefficient (Wildman–Crippen LogP) is 1.15. The minimum atomic E-state index is -1.06. The minimum Gasteiger partial charge on any atom is -0.480 e. The van der Waals surface area contributed by atoms with E-state index in [1.165, 1.54) is 18.2 Å². The summed E-state index contributed by atoms with van der Waals surface area (Å²) in [6.07, 6.45) is 0. The van der Waals surface area contributed by atoms with Crippen LogP contribution < -0.4 is 4.90 Å². The third-order valence-electron chi connectivity index (χ3n) is 3.24. The quantitative estimate of drug-likeness (QED) is 0.638. The highest BCUT2D eigenvalue weighted by molar-refractivity contribution is 5.69. The molecule has 0 bridgehead atoms. The average Bonchev–Trinajstić information content (AvgIpc) is 2.41. The second-order valence-corrected chi connectivity index (χ2v) is 5.06. The SMILES string of the molecule is CC1(OCC(=O)O)CN(c2ccc(C#N)cc2[N+](=O)[O-])C1. The van der Waals surface area contributed by atoms with Crippen LogP contribution in [0.15, 0.2) is 18.2 Å². The Labute approximate surface area is 120 Å². The highest BCUT2D eigenvalue weighted by Crippen LogP contribution is 2.36. The molecule has 0 radical (unpaired) electrons. The Morgan fingerprint density at radius 1 is 1.62 bits per heavy atom. The number of hydrogen-bond donors (Lipinski definition) is 1. The van der Waals surface area contributed by atoms with Gasteiger partial charge >= 0.3 is 5.97 Å². The van der Waals surface area contributed by atoms with Crippen molar-refractivity contribution in [2.24, 2.45) is 0 Å². The number of carbonyl (C=O) groups is 1. The van der Waals surface area contributed by atoms with E-state index in [1.807, 2.05) is 6.07 Å². The number of nitrogens with zero attached hydrogens (tertiary/aromatic N) is 3. The molecule has 1 heterocycles. The standard InChI is InChI=1S/C13H13N3O5/c1-13(21-6-12(17)18)7-15(8-13)10-3-2-9(5-14)4-11(10)16(19)20/h2-4H,6-8H2,1H3,(H,17,18). The van der Waals surface area contributed by atoms with Gasteiger partial charge in [0.15, 0.2) is 0 Å². The molecule has 0 unspecified atom stereocenters. The van der Waals surface area contributed by atoms with Crippen molar-refractivity contribution in [3.05, 3.63) is 33.9 Å². The molecule has 1 aromatic carbocycles. The van der Waals surface area contributed by atoms with Crippen LogP contribution in [0.4, 0.5) is 11.4 Å². The van der Waals surface area contributed by atoms with Crippen LogP contribution in [0.25, 0.3) is 0 Å². The largest absolute Gasteiger partial charge is 0.480 e. The lowest BCUT2D eigenvalue weighted by atomic mass is 9.95. The lowest BCUT2D eigenvalue weighted by Gasteiger charge is -2.48. The van der Waals surface area contributed by atoms with E-state index < -0.39 is 23.1 Å². The van der Waals surface area contributed by atoms with Gasteiger partial charge in [-0.3, -0.25) is 10.1 Å². The Morgan fingerprint density at radius 3 is 2.81 bits per heavy atom. The van der Waals surface area contributed by atoms with Gasteiger partial charge in [0.25, 0.3) is 5.69 Å². The predicted molar refractivity (Wildman–Crippen MR) is 72.0 cm³/mol. The summed E-state index contributed by atoms with van der Waals surface area (Å²) < 4.78 is 5.26. The van der Waals surface area contributed by atoms with E-state index in [4.69, 9.17) is 15.1 Å². The van der Waals surface area contributed by atoms with Crippen molar-refractivity contribution in [1.82, 2.24) is 0 Å². The molecule has 1 aliphatic heterocycles. The first-order valence-corrected chi connectivity index (χ1v) is 6.14. The second-order valence-electron chi connectivity index (χ2n) is 5.06. The number of aliphatic carboxylic acids is 1. The van der Waals surface area contributed by atoms with Crippen LogP contribution in [0.1, 0.15) is 12.5 Å². The number of nitriles is 1. The first-order valence-electron chi connectivity index (χ1n) is 6.14. The van der Waals surface area contributed by atoms with Crippen LogP contribution in [0.3, 0.4) is 0 Å². The number of carboxylic acid groups (broad SMARTS) is 1. The molecule has 21 heavy (non-hydrogen) atoms. The fourth-order valence-corrected chi connectivity index (χ4v) is 2.27. The summed E-state index contributed by atoms with van der Waals surface area (Å²) in [6, 6.07) is 6.12. The fraction of sp³-hybridized carbons (Fsp3) is 0.385. The van der Waals surface area contributed by atoms with Gasteiger partial charge in [-0.05, 0) is 19.1 Å². The third-order valence-corrected chi connectivity index (χ3v) is 3.24. The summed E-state index contributed by atoms with van der Waals surface area (Å²) in [4.78, 5) is 22.7. The van der Waals surface area contributed by atoms with Crippen LogP contribution in [0, 0.1) is 21.4 Å². The van der Waals surface area contributed by atoms with Crippen molar-refractivity contribution >= 4 is 17.3 Å². The summed E-state index contributed by atoms with van der Waals surface area (Å²) in [5, 5.41) is 28.5. The lowest BCUT2D eigenvalue weighted by Crippen LogP contribution is -2.62. The average molecular weight is 291 g/mol. The minimum absolute atomic E-state index is 0.144. The number of benzene rings is 1. The molecule has 1 aromatic rings. The maximum atomic E-state index is 11.1. The summed E-state index contributed by atoms with van der Waals surface area (Å²) in [7, 11) is 0. The van der Waals surface area contributed by atoms with E-state index in [0.29, 0.717) is 18.8 Å². The maximum Gasteiger partial charge on any atom is 0.329 e. The number of ether oxygens (including phenoxy) is 1. The third kappa shape index (κ3) is 3.09. The van der Waals surface area contributed by atoms with E-state index in [2.05, 4.69) is 0 Å². The van der Waals surface area contributed by atoms with E-state index in [-0.39, 0.29) is 11.3 Å². The molecule has 0 saturated carbocycles. The summed E-state index contributed by atoms with van der Waals surface area (Å²) >= 11 is 0. The first kappa shape index (κ1) is 14.7. The van der Waals surface area contributed by atoms with Crippen molar-refractivity contribution in [3.8, 4) is 6.07 Å². The van der Waals surface area contributed by atoms with Crippen molar-refractivity contribution in [2.75, 3.05) is 24.6 Å². The summed E-state index contributed by atoms with van der Waals surface area (Å²) in [5.41, 5.74) is -0.166. The summed E-state index contributed by atoms with van der Waals surface area (Å²) in [5.74, 6) is -1.06. The second kappa shape index (κ2) is 5.38. The van der Waals surface area contributed by atoms with E-state index in [0.717, 1.165) is 0 Å². The summed E-state index contributed by atoms with van der Waals surface area (Å²) in [6.45, 7) is 2.06. The lowest BCUT2D eigenvalue weighted by molar-refractivity contribution is -0.384. The monoisotopic (exact) mass is 291 g/mol. The van der Waals surface area contributed by atoms with Gasteiger partial charge in [-0.25, -0.2) is 4.79 Å². The first-order chi connectivity index (χ1) is 9.84. The van der Waals surface area contributed by atoms with E-state index in [9.17, 15) is 14.9 Å². The van der Waals surface area contributed by atoms with E-state index >= 15 is 0 Å². The normalized spacial score (nSPS) is 15.9. The van der Waals surface area contributed by atoms with Gasteiger partial charge in [-0.1, -0.05) is 0 Å². The zero-order valence-electron chi connectivity index (χ0n) is 11.3. The van der Waals surface area contributed by atoms with Crippen LogP contribution in [-0.4, -0.2) is 41.3 Å². The molecule has 0 amide bonds. The molecule has 1 saturated heterocycles. The Balaban J connectivity index is 2.13. The Morgan fingerprint density at radius 2 is 2.29 bits per heavy atom. The number of nitro benzene ring substituents is 1. The smallest absolute Gasteiger partial charge is 0.329 e. The Kier molecular flexibility index (Phi) is 3.78. The zero-order chi connectivity index (χ0) is 15.6. The maximum absolute atomic E-state index is 11.1. The molecule has 1 fully saturated rings. The Hall–Kier alpha value is -2.66. The number of anilines is 1. The van der Waals surface area contributed by atoms with Gasteiger partial charge < -0.3 is 14.7 Å². The van der Waals surface area contributed by atoms with Crippen LogP contribution in [0.5, 0.6) is 0 Å². The highest BCUT2D eigenvalue weighted by Gasteiger charge is 2.42. The fourth-order valence-electron chi connectivity index (χ4n) is 2.27. The van der Waals surface area contributed by atoms with Gasteiger partial charge in [-0.2, -0.15) is 5.26 Å². The molecule has 110 valence electrons. The number of rotatable bonds is 5. The van der Waals surface area contributed by atoms with Crippen LogP contribution in [0.2, 0.25) is 0 Å². The van der Waals surface area contributed by atoms with Gasteiger partial charge in [0.1, 0.15) is 17.9 Å². The van der Waals surface area contributed by atoms with Crippen molar-refractivity contribution in [3.63, 3.8) is 0 Å². The van der Waals surface area contributed by atoms with Crippen LogP contribution >= 0.6 is 0 Å². The van der Waals surface area contributed by atoms with Gasteiger partial charge in [0, 0.05) is 19.2 Å². The molecule has 1 N–H and O–H groups in total. The van der Waals surface area contributed by atoms with Crippen molar-refractivity contribution in [2.45, 2.75) is 12.5 Å². The van der Waals surface area contributed by atoms with Crippen molar-refractivity contribution in [1.29, 1.82) is 5.26 Å². The number of carboxylic acids is 1. The molecule has 0 atom stereocenters. The van der Waals surface area contributed by atoms with Gasteiger partial charge in [0.05, 0.1) is 16.6 Å².